The average Bonchev–Trinajstić information content (AvgIpc) is 2.77. The van der Waals surface area contributed by atoms with Crippen LogP contribution in [0.1, 0.15) is 52.0 Å². The zero-order valence-electron chi connectivity index (χ0n) is 19.3. The van der Waals surface area contributed by atoms with Crippen molar-refractivity contribution in [1.82, 2.24) is 5.32 Å². The van der Waals surface area contributed by atoms with Crippen molar-refractivity contribution in [2.45, 2.75) is 52.6 Å². The number of Topliss-reactive ketones (excluding diaryl/α,β-unsaturated/α-hetero) is 1. The van der Waals surface area contributed by atoms with Gasteiger partial charge in [0.2, 0.25) is 0 Å². The van der Waals surface area contributed by atoms with Crippen LogP contribution in [0, 0.1) is 22.0 Å². The highest BCUT2D eigenvalue weighted by molar-refractivity contribution is 6.12. The number of rotatable bonds is 6. The first kappa shape index (κ1) is 24.2. The normalized spacial score (nSPS) is 23.4. The molecule has 4 atom stereocenters. The van der Waals surface area contributed by atoms with Crippen molar-refractivity contribution < 1.29 is 28.8 Å². The molecule has 1 aromatic rings. The molecule has 0 aromatic heterocycles. The maximum absolute atomic E-state index is 13.6. The van der Waals surface area contributed by atoms with Crippen LogP contribution in [0.5, 0.6) is 0 Å². The van der Waals surface area contributed by atoms with Crippen LogP contribution in [0.15, 0.2) is 46.8 Å². The van der Waals surface area contributed by atoms with E-state index in [0.717, 1.165) is 0 Å². The number of para-hydroxylation sites is 1. The van der Waals surface area contributed by atoms with Crippen molar-refractivity contribution in [3.63, 3.8) is 0 Å². The third-order valence-corrected chi connectivity index (χ3v) is 6.29. The number of ketones is 1. The fourth-order valence-corrected chi connectivity index (χ4v) is 4.49. The summed E-state index contributed by atoms with van der Waals surface area (Å²) >= 11 is 0. The van der Waals surface area contributed by atoms with E-state index in [4.69, 9.17) is 9.47 Å². The van der Waals surface area contributed by atoms with E-state index in [0.29, 0.717) is 24.2 Å². The predicted molar refractivity (Wildman–Crippen MR) is 119 cm³/mol. The van der Waals surface area contributed by atoms with Gasteiger partial charge in [-0.2, -0.15) is 0 Å². The van der Waals surface area contributed by atoms with Gasteiger partial charge in [-0.1, -0.05) is 32.0 Å². The molecule has 0 saturated carbocycles. The zero-order chi connectivity index (χ0) is 24.4. The maximum Gasteiger partial charge on any atom is 0.337 e. The van der Waals surface area contributed by atoms with Gasteiger partial charge in [0.1, 0.15) is 5.92 Å². The second-order valence-corrected chi connectivity index (χ2v) is 8.48. The quantitative estimate of drug-likeness (QED) is 0.298. The number of allylic oxidation sites excluding steroid dienone is 3. The first-order valence-electron chi connectivity index (χ1n) is 10.9. The minimum Gasteiger partial charge on any atom is -0.468 e. The van der Waals surface area contributed by atoms with Crippen LogP contribution < -0.4 is 5.32 Å². The van der Waals surface area contributed by atoms with E-state index in [1.54, 1.807) is 26.8 Å². The Kier molecular flexibility index (Phi) is 7.00. The number of nitro benzene ring substituents is 1. The number of methoxy groups -OCH3 is 1. The number of esters is 2. The topological polar surface area (TPSA) is 125 Å². The van der Waals surface area contributed by atoms with Gasteiger partial charge in [0.05, 0.1) is 29.6 Å². The lowest BCUT2D eigenvalue weighted by atomic mass is 9.69. The van der Waals surface area contributed by atoms with Crippen LogP contribution in [-0.2, 0) is 23.9 Å². The largest absolute Gasteiger partial charge is 0.468 e. The summed E-state index contributed by atoms with van der Waals surface area (Å²) in [6.45, 7) is 7.07. The highest BCUT2D eigenvalue weighted by Gasteiger charge is 2.48. The SMILES string of the molecule is CCC(C)OC(=O)C1=C(C)NC2=C(C(=O)C(C(=O)OC)C(C)C2)C1c1ccccc1[N+](=O)[O-]. The van der Waals surface area contributed by atoms with Gasteiger partial charge >= 0.3 is 11.9 Å². The van der Waals surface area contributed by atoms with E-state index >= 15 is 0 Å². The molecule has 0 bridgehead atoms. The molecule has 2 aliphatic rings. The predicted octanol–water partition coefficient (Wildman–Crippen LogP) is 3.55. The Labute approximate surface area is 192 Å². The smallest absolute Gasteiger partial charge is 0.337 e. The van der Waals surface area contributed by atoms with E-state index in [9.17, 15) is 24.5 Å². The Morgan fingerprint density at radius 2 is 1.97 bits per heavy atom. The van der Waals surface area contributed by atoms with Crippen LogP contribution in [0.2, 0.25) is 0 Å². The number of carbonyl (C=O) groups excluding carboxylic acids is 3. The van der Waals surface area contributed by atoms with Crippen molar-refractivity contribution in [2.75, 3.05) is 7.11 Å². The number of hydrogen-bond acceptors (Lipinski definition) is 8. The number of ether oxygens (including phenoxy) is 2. The summed E-state index contributed by atoms with van der Waals surface area (Å²) in [5, 5.41) is 15.0. The minimum atomic E-state index is -1.06. The van der Waals surface area contributed by atoms with Gasteiger partial charge in [-0.25, -0.2) is 4.79 Å². The summed E-state index contributed by atoms with van der Waals surface area (Å²) in [7, 11) is 1.21. The molecule has 1 aliphatic carbocycles. The molecule has 9 heteroatoms. The van der Waals surface area contributed by atoms with E-state index in [1.165, 1.54) is 25.3 Å². The first-order valence-corrected chi connectivity index (χ1v) is 10.9. The summed E-state index contributed by atoms with van der Waals surface area (Å²) in [6.07, 6.45) is 0.545. The standard InChI is InChI=1S/C24H28N2O7/c1-6-13(3)33-24(29)19-14(4)25-16-11-12(2)18(23(28)32-5)22(27)21(16)20(19)15-9-7-8-10-17(15)26(30)31/h7-10,12-13,18,20,25H,6,11H2,1-5H3. The van der Waals surface area contributed by atoms with Crippen LogP contribution in [0.25, 0.3) is 0 Å². The van der Waals surface area contributed by atoms with Gasteiger partial charge in [-0.05, 0) is 32.6 Å². The van der Waals surface area contributed by atoms with Gasteiger partial charge < -0.3 is 14.8 Å². The van der Waals surface area contributed by atoms with Crippen molar-refractivity contribution >= 4 is 23.4 Å². The molecule has 1 heterocycles. The molecule has 4 unspecified atom stereocenters. The molecule has 3 rings (SSSR count). The number of hydrogen-bond donors (Lipinski definition) is 1. The van der Waals surface area contributed by atoms with Crippen molar-refractivity contribution in [3.05, 3.63) is 62.5 Å². The van der Waals surface area contributed by atoms with Gasteiger partial charge in [-0.15, -0.1) is 0 Å². The van der Waals surface area contributed by atoms with Crippen molar-refractivity contribution in [1.29, 1.82) is 0 Å². The van der Waals surface area contributed by atoms with Crippen LogP contribution >= 0.6 is 0 Å². The van der Waals surface area contributed by atoms with Gasteiger partial charge in [0, 0.05) is 28.6 Å². The summed E-state index contributed by atoms with van der Waals surface area (Å²) in [5.41, 5.74) is 1.27. The third kappa shape index (κ3) is 4.40. The lowest BCUT2D eigenvalue weighted by Crippen LogP contribution is -2.43. The minimum absolute atomic E-state index is 0.120. The van der Waals surface area contributed by atoms with E-state index < -0.39 is 34.5 Å². The molecule has 0 saturated heterocycles. The summed E-state index contributed by atoms with van der Waals surface area (Å²) < 4.78 is 10.4. The molecule has 0 amide bonds. The van der Waals surface area contributed by atoms with E-state index in [2.05, 4.69) is 5.32 Å². The van der Waals surface area contributed by atoms with Crippen molar-refractivity contribution in [2.24, 2.45) is 11.8 Å². The van der Waals surface area contributed by atoms with Crippen LogP contribution in [0.4, 0.5) is 5.69 Å². The zero-order valence-corrected chi connectivity index (χ0v) is 19.3. The number of dihydropyridines is 1. The first-order chi connectivity index (χ1) is 15.6. The Morgan fingerprint density at radius 3 is 2.58 bits per heavy atom. The van der Waals surface area contributed by atoms with E-state index in [-0.39, 0.29) is 34.4 Å². The fourth-order valence-electron chi connectivity index (χ4n) is 4.49. The average molecular weight is 456 g/mol. The molecule has 0 radical (unpaired) electrons. The molecule has 0 spiro atoms. The summed E-state index contributed by atoms with van der Waals surface area (Å²) in [4.78, 5) is 50.6. The molecule has 0 fully saturated rings. The van der Waals surface area contributed by atoms with E-state index in [1.807, 2.05) is 6.92 Å². The lowest BCUT2D eigenvalue weighted by molar-refractivity contribution is -0.385. The molecule has 33 heavy (non-hydrogen) atoms. The Hall–Kier alpha value is -3.49. The molecule has 1 N–H and O–H groups in total. The highest BCUT2D eigenvalue weighted by atomic mass is 16.6. The number of carbonyl (C=O) groups is 3. The number of nitrogens with zero attached hydrogens (tertiary/aromatic N) is 1. The molecule has 9 nitrogen and oxygen atoms in total. The van der Waals surface area contributed by atoms with Crippen LogP contribution in [0.3, 0.4) is 0 Å². The van der Waals surface area contributed by atoms with Crippen molar-refractivity contribution in [3.8, 4) is 0 Å². The van der Waals surface area contributed by atoms with Gasteiger partial charge in [-0.3, -0.25) is 19.7 Å². The molecule has 1 aromatic carbocycles. The van der Waals surface area contributed by atoms with Gasteiger partial charge in [0.15, 0.2) is 5.78 Å². The monoisotopic (exact) mass is 456 g/mol. The second kappa shape index (κ2) is 9.56. The second-order valence-electron chi connectivity index (χ2n) is 8.48. The van der Waals surface area contributed by atoms with Crippen LogP contribution in [-0.4, -0.2) is 35.9 Å². The number of nitro groups is 1. The lowest BCUT2D eigenvalue weighted by Gasteiger charge is -2.38. The molecule has 1 aliphatic heterocycles. The molecular formula is C24H28N2O7. The highest BCUT2D eigenvalue weighted by Crippen LogP contribution is 2.47. The third-order valence-electron chi connectivity index (χ3n) is 6.29. The Bertz CT molecular complexity index is 1070. The molecular weight excluding hydrogens is 428 g/mol. The van der Waals surface area contributed by atoms with Gasteiger partial charge in [0.25, 0.3) is 5.69 Å². The number of nitrogens with one attached hydrogen (secondary N) is 1. The Balaban J connectivity index is 2.25. The number of benzene rings is 1. The summed E-state index contributed by atoms with van der Waals surface area (Å²) in [6, 6.07) is 6.00. The molecule has 176 valence electrons. The maximum atomic E-state index is 13.6. The summed E-state index contributed by atoms with van der Waals surface area (Å²) in [5.74, 6) is -4.30. The Morgan fingerprint density at radius 1 is 1.30 bits per heavy atom. The fraction of sp³-hybridized carbons (Fsp3) is 0.458.